The third-order valence-corrected chi connectivity index (χ3v) is 2.88. The van der Waals surface area contributed by atoms with E-state index in [1.54, 1.807) is 31.2 Å². The molecule has 0 bridgehead atoms. The van der Waals surface area contributed by atoms with Crippen molar-refractivity contribution >= 4 is 17.6 Å². The van der Waals surface area contributed by atoms with Crippen LogP contribution in [0, 0.1) is 12.7 Å². The lowest BCUT2D eigenvalue weighted by Crippen LogP contribution is -2.02. The number of aryl methyl sites for hydroxylation is 1. The maximum atomic E-state index is 13.3. The Balaban J connectivity index is 2.71. The van der Waals surface area contributed by atoms with Crippen LogP contribution in [0.1, 0.15) is 15.9 Å². The molecule has 0 saturated heterocycles. The van der Waals surface area contributed by atoms with E-state index in [4.69, 9.17) is 11.6 Å². The molecule has 0 radical (unpaired) electrons. The van der Waals surface area contributed by atoms with E-state index in [1.165, 1.54) is 12.1 Å². The normalized spacial score (nSPS) is 10.4. The lowest BCUT2D eigenvalue weighted by molar-refractivity contribution is 0.0697. The quantitative estimate of drug-likeness (QED) is 0.885. The Morgan fingerprint density at radius 1 is 1.28 bits per heavy atom. The highest BCUT2D eigenvalue weighted by molar-refractivity contribution is 6.30. The van der Waals surface area contributed by atoms with E-state index in [2.05, 4.69) is 0 Å². The molecule has 0 saturated carbocycles. The first-order valence-corrected chi connectivity index (χ1v) is 5.66. The zero-order chi connectivity index (χ0) is 13.3. The second kappa shape index (κ2) is 4.78. The van der Waals surface area contributed by atoms with Crippen LogP contribution in [0.15, 0.2) is 36.4 Å². The number of carboxylic acid groups (broad SMARTS) is 1. The van der Waals surface area contributed by atoms with Gasteiger partial charge in [-0.2, -0.15) is 0 Å². The molecular weight excluding hydrogens is 255 g/mol. The number of rotatable bonds is 2. The SMILES string of the molecule is Cc1cccc(-c2cc(F)cc(Cl)c2)c1C(=O)O. The number of carbonyl (C=O) groups is 1. The molecule has 1 N–H and O–H groups in total. The summed E-state index contributed by atoms with van der Waals surface area (Å²) in [6.45, 7) is 1.70. The van der Waals surface area contributed by atoms with Crippen LogP contribution in [0.4, 0.5) is 4.39 Å². The van der Waals surface area contributed by atoms with Crippen molar-refractivity contribution in [2.75, 3.05) is 0 Å². The first-order valence-electron chi connectivity index (χ1n) is 5.28. The largest absolute Gasteiger partial charge is 0.478 e. The molecular formula is C14H10ClFO2. The van der Waals surface area contributed by atoms with Gasteiger partial charge in [-0.3, -0.25) is 0 Å². The molecule has 0 spiro atoms. The standard InChI is InChI=1S/C14H10ClFO2/c1-8-3-2-4-12(13(8)14(17)18)9-5-10(15)7-11(16)6-9/h2-7H,1H3,(H,17,18). The fourth-order valence-electron chi connectivity index (χ4n) is 1.90. The second-order valence-electron chi connectivity index (χ2n) is 3.96. The highest BCUT2D eigenvalue weighted by Gasteiger charge is 2.15. The summed E-state index contributed by atoms with van der Waals surface area (Å²) >= 11 is 5.78. The van der Waals surface area contributed by atoms with E-state index in [1.807, 2.05) is 0 Å². The van der Waals surface area contributed by atoms with Gasteiger partial charge in [-0.05, 0) is 41.8 Å². The monoisotopic (exact) mass is 264 g/mol. The molecule has 0 amide bonds. The van der Waals surface area contributed by atoms with Gasteiger partial charge in [0, 0.05) is 5.02 Å². The summed E-state index contributed by atoms with van der Waals surface area (Å²) in [7, 11) is 0. The van der Waals surface area contributed by atoms with Gasteiger partial charge in [0.15, 0.2) is 0 Å². The van der Waals surface area contributed by atoms with Crippen molar-refractivity contribution in [3.8, 4) is 11.1 Å². The number of hydrogen-bond acceptors (Lipinski definition) is 1. The second-order valence-corrected chi connectivity index (χ2v) is 4.40. The third kappa shape index (κ3) is 2.36. The average Bonchev–Trinajstić information content (AvgIpc) is 2.26. The van der Waals surface area contributed by atoms with Gasteiger partial charge in [0.25, 0.3) is 0 Å². The summed E-state index contributed by atoms with van der Waals surface area (Å²) in [6.07, 6.45) is 0. The van der Waals surface area contributed by atoms with Crippen molar-refractivity contribution in [2.24, 2.45) is 0 Å². The minimum atomic E-state index is -1.04. The summed E-state index contributed by atoms with van der Waals surface area (Å²) < 4.78 is 13.3. The van der Waals surface area contributed by atoms with Gasteiger partial charge >= 0.3 is 5.97 Å². The molecule has 18 heavy (non-hydrogen) atoms. The van der Waals surface area contributed by atoms with Crippen LogP contribution in [0.5, 0.6) is 0 Å². The van der Waals surface area contributed by atoms with Gasteiger partial charge in [-0.15, -0.1) is 0 Å². The van der Waals surface area contributed by atoms with Crippen molar-refractivity contribution in [3.05, 3.63) is 58.4 Å². The topological polar surface area (TPSA) is 37.3 Å². The number of hydrogen-bond donors (Lipinski definition) is 1. The molecule has 4 heteroatoms. The van der Waals surface area contributed by atoms with Crippen molar-refractivity contribution in [2.45, 2.75) is 6.92 Å². The maximum Gasteiger partial charge on any atom is 0.336 e. The summed E-state index contributed by atoms with van der Waals surface area (Å²) in [5.41, 5.74) is 1.71. The first-order chi connectivity index (χ1) is 8.49. The zero-order valence-electron chi connectivity index (χ0n) is 9.58. The van der Waals surface area contributed by atoms with E-state index in [-0.39, 0.29) is 10.6 Å². The Bertz CT molecular complexity index is 603. The lowest BCUT2D eigenvalue weighted by atomic mass is 9.96. The van der Waals surface area contributed by atoms with Crippen LogP contribution < -0.4 is 0 Å². The molecule has 0 atom stereocenters. The van der Waals surface area contributed by atoms with Crippen molar-refractivity contribution in [1.29, 1.82) is 0 Å². The van der Waals surface area contributed by atoms with Crippen LogP contribution in [0.2, 0.25) is 5.02 Å². The van der Waals surface area contributed by atoms with E-state index in [0.29, 0.717) is 16.7 Å². The zero-order valence-corrected chi connectivity index (χ0v) is 10.3. The fourth-order valence-corrected chi connectivity index (χ4v) is 2.12. The maximum absolute atomic E-state index is 13.3. The number of aromatic carboxylic acids is 1. The van der Waals surface area contributed by atoms with Crippen molar-refractivity contribution in [3.63, 3.8) is 0 Å². The Labute approximate surface area is 109 Å². The molecule has 2 aromatic carbocycles. The Morgan fingerprint density at radius 2 is 2.00 bits per heavy atom. The number of carboxylic acids is 1. The molecule has 0 aromatic heterocycles. The highest BCUT2D eigenvalue weighted by atomic mass is 35.5. The van der Waals surface area contributed by atoms with Crippen molar-refractivity contribution in [1.82, 2.24) is 0 Å². The van der Waals surface area contributed by atoms with E-state index >= 15 is 0 Å². The lowest BCUT2D eigenvalue weighted by Gasteiger charge is -2.09. The molecule has 92 valence electrons. The van der Waals surface area contributed by atoms with Gasteiger partial charge in [0.2, 0.25) is 0 Å². The molecule has 2 nitrogen and oxygen atoms in total. The summed E-state index contributed by atoms with van der Waals surface area (Å²) in [5.74, 6) is -1.53. The molecule has 0 aliphatic carbocycles. The molecule has 0 heterocycles. The van der Waals surface area contributed by atoms with Crippen LogP contribution in [-0.4, -0.2) is 11.1 Å². The van der Waals surface area contributed by atoms with Gasteiger partial charge < -0.3 is 5.11 Å². The smallest absolute Gasteiger partial charge is 0.336 e. The van der Waals surface area contributed by atoms with E-state index in [0.717, 1.165) is 0 Å². The Morgan fingerprint density at radius 3 is 2.61 bits per heavy atom. The van der Waals surface area contributed by atoms with Crippen LogP contribution in [0.25, 0.3) is 11.1 Å². The fraction of sp³-hybridized carbons (Fsp3) is 0.0714. The molecule has 0 fully saturated rings. The summed E-state index contributed by atoms with van der Waals surface area (Å²) in [5, 5.41) is 9.46. The van der Waals surface area contributed by atoms with Gasteiger partial charge in [0.1, 0.15) is 5.82 Å². The summed E-state index contributed by atoms with van der Waals surface area (Å²) in [4.78, 5) is 11.3. The predicted molar refractivity (Wildman–Crippen MR) is 68.5 cm³/mol. The molecule has 0 aliphatic rings. The Hall–Kier alpha value is -1.87. The van der Waals surface area contributed by atoms with Crippen LogP contribution >= 0.6 is 11.6 Å². The van der Waals surface area contributed by atoms with Gasteiger partial charge in [0.05, 0.1) is 5.56 Å². The Kier molecular flexibility index (Phi) is 3.34. The van der Waals surface area contributed by atoms with E-state index < -0.39 is 11.8 Å². The molecule has 0 unspecified atom stereocenters. The minimum Gasteiger partial charge on any atom is -0.478 e. The van der Waals surface area contributed by atoms with Gasteiger partial charge in [-0.1, -0.05) is 29.8 Å². The predicted octanol–water partition coefficient (Wildman–Crippen LogP) is 4.15. The number of halogens is 2. The minimum absolute atomic E-state index is 0.166. The highest BCUT2D eigenvalue weighted by Crippen LogP contribution is 2.29. The number of benzene rings is 2. The molecule has 2 aromatic rings. The van der Waals surface area contributed by atoms with Crippen molar-refractivity contribution < 1.29 is 14.3 Å². The molecule has 2 rings (SSSR count). The van der Waals surface area contributed by atoms with Crippen LogP contribution in [-0.2, 0) is 0 Å². The summed E-state index contributed by atoms with van der Waals surface area (Å²) in [6, 6.07) is 9.07. The molecule has 0 aliphatic heterocycles. The average molecular weight is 265 g/mol. The van der Waals surface area contributed by atoms with Crippen LogP contribution in [0.3, 0.4) is 0 Å². The van der Waals surface area contributed by atoms with E-state index in [9.17, 15) is 14.3 Å². The first kappa shape index (κ1) is 12.6. The third-order valence-electron chi connectivity index (χ3n) is 2.66. The van der Waals surface area contributed by atoms with Gasteiger partial charge in [-0.25, -0.2) is 9.18 Å².